The monoisotopic (exact) mass is 484 g/mol. The molecular weight excluding hydrogens is 468 g/mol. The van der Waals surface area contributed by atoms with Crippen LogP contribution < -0.4 is 4.74 Å². The second kappa shape index (κ2) is 10.2. The molecule has 3 aromatic rings. The van der Waals surface area contributed by atoms with E-state index in [1.54, 1.807) is 6.07 Å². The van der Waals surface area contributed by atoms with Gasteiger partial charge in [0.15, 0.2) is 0 Å². The second-order valence-corrected chi connectivity index (χ2v) is 7.28. The van der Waals surface area contributed by atoms with E-state index in [0.29, 0.717) is 18.6 Å². The third-order valence-electron chi connectivity index (χ3n) is 4.75. The smallest absolute Gasteiger partial charge is 0.458 e. The number of ether oxygens (including phenoxy) is 1. The molecule has 0 radical (unpaired) electrons. The molecule has 0 bridgehead atoms. The summed E-state index contributed by atoms with van der Waals surface area (Å²) in [6, 6.07) is 7.24. The molecule has 0 spiro atoms. The Hall–Kier alpha value is -3.54. The van der Waals surface area contributed by atoms with Gasteiger partial charge in [-0.2, -0.15) is 13.2 Å². The largest absolute Gasteiger partial charge is 0.488 e. The topological polar surface area (TPSA) is 9.23 Å². The molecule has 0 unspecified atom stereocenters. The third kappa shape index (κ3) is 6.07. The van der Waals surface area contributed by atoms with Crippen molar-refractivity contribution in [2.24, 2.45) is 0 Å². The molecule has 0 heterocycles. The molecule has 0 aromatic heterocycles. The molecule has 3 aromatic carbocycles. The Labute approximate surface area is 190 Å². The van der Waals surface area contributed by atoms with Crippen molar-refractivity contribution in [2.45, 2.75) is 32.5 Å². The zero-order valence-corrected chi connectivity index (χ0v) is 17.6. The Morgan fingerprint density at radius 3 is 1.94 bits per heavy atom. The molecule has 34 heavy (non-hydrogen) atoms. The lowest BCUT2D eigenvalue weighted by Gasteiger charge is -2.12. The van der Waals surface area contributed by atoms with Crippen LogP contribution in [0.2, 0.25) is 0 Å². The van der Waals surface area contributed by atoms with Gasteiger partial charge in [0.2, 0.25) is 0 Å². The minimum absolute atomic E-state index is 0.00943. The summed E-state index contributed by atoms with van der Waals surface area (Å²) in [5.74, 6) is -4.12. The number of aryl methyl sites for hydroxylation is 1. The summed E-state index contributed by atoms with van der Waals surface area (Å²) >= 11 is 0. The van der Waals surface area contributed by atoms with E-state index in [0.717, 1.165) is 30.0 Å². The summed E-state index contributed by atoms with van der Waals surface area (Å²) in [6.45, 7) is 1.14. The Balaban J connectivity index is 1.82. The highest BCUT2D eigenvalue weighted by Gasteiger charge is 2.24. The van der Waals surface area contributed by atoms with Gasteiger partial charge in [-0.3, -0.25) is 0 Å². The Morgan fingerprint density at radius 1 is 0.794 bits per heavy atom. The average Bonchev–Trinajstić information content (AvgIpc) is 2.72. The first kappa shape index (κ1) is 25.1. The number of hydrogen-bond acceptors (Lipinski definition) is 1. The molecule has 9 heteroatoms. The molecule has 1 nitrogen and oxygen atoms in total. The van der Waals surface area contributed by atoms with Gasteiger partial charge in [-0.25, -0.2) is 22.0 Å². The maximum Gasteiger partial charge on any atom is 0.458 e. The number of hydrogen-bond donors (Lipinski definition) is 0. The molecule has 0 amide bonds. The zero-order chi connectivity index (χ0) is 25.0. The highest BCUT2D eigenvalue weighted by Crippen LogP contribution is 2.29. The van der Waals surface area contributed by atoms with Crippen molar-refractivity contribution in [3.8, 4) is 28.7 Å². The minimum atomic E-state index is -4.95. The van der Waals surface area contributed by atoms with Crippen molar-refractivity contribution >= 4 is 0 Å². The Kier molecular flexibility index (Phi) is 7.50. The number of rotatable bonds is 6. The molecule has 3 rings (SSSR count). The highest BCUT2D eigenvalue weighted by atomic mass is 19.4. The van der Waals surface area contributed by atoms with Crippen molar-refractivity contribution < 1.29 is 39.9 Å². The number of alkyl halides is 3. The van der Waals surface area contributed by atoms with Crippen molar-refractivity contribution in [3.63, 3.8) is 0 Å². The highest BCUT2D eigenvalue weighted by molar-refractivity contribution is 5.65. The van der Waals surface area contributed by atoms with Gasteiger partial charge in [-0.05, 0) is 35.7 Å². The van der Waals surface area contributed by atoms with Crippen molar-refractivity contribution in [1.82, 2.24) is 0 Å². The third-order valence-corrected chi connectivity index (χ3v) is 4.75. The molecule has 0 saturated carbocycles. The van der Waals surface area contributed by atoms with Crippen LogP contribution in [-0.4, -0.2) is 6.18 Å². The molecule has 0 aliphatic carbocycles. The van der Waals surface area contributed by atoms with Gasteiger partial charge in [0.05, 0.1) is 11.1 Å². The molecule has 0 N–H and O–H groups in total. The predicted octanol–water partition coefficient (Wildman–Crippen LogP) is 7.49. The van der Waals surface area contributed by atoms with Crippen molar-refractivity contribution in [2.75, 3.05) is 0 Å². The summed E-state index contributed by atoms with van der Waals surface area (Å²) in [5, 5.41) is 0. The number of halogens is 8. The van der Waals surface area contributed by atoms with E-state index in [9.17, 15) is 35.1 Å². The Morgan fingerprint density at radius 2 is 1.41 bits per heavy atom. The van der Waals surface area contributed by atoms with Crippen LogP contribution in [0.25, 0.3) is 11.1 Å². The molecule has 0 saturated heterocycles. The number of benzene rings is 3. The normalized spacial score (nSPS) is 11.2. The van der Waals surface area contributed by atoms with E-state index in [-0.39, 0.29) is 11.1 Å². The van der Waals surface area contributed by atoms with Gasteiger partial charge in [-0.15, -0.1) is 0 Å². The quantitative estimate of drug-likeness (QED) is 0.260. The molecule has 0 aliphatic heterocycles. The lowest BCUT2D eigenvalue weighted by atomic mass is 10.00. The van der Waals surface area contributed by atoms with Crippen LogP contribution in [0.4, 0.5) is 35.1 Å². The van der Waals surface area contributed by atoms with Crippen LogP contribution in [-0.2, 0) is 13.0 Å². The van der Waals surface area contributed by atoms with Crippen LogP contribution in [0.1, 0.15) is 30.0 Å². The van der Waals surface area contributed by atoms with E-state index >= 15 is 0 Å². The summed E-state index contributed by atoms with van der Waals surface area (Å²) in [7, 11) is 0. The maximum atomic E-state index is 14.6. The average molecular weight is 484 g/mol. The molecule has 0 aliphatic rings. The summed E-state index contributed by atoms with van der Waals surface area (Å²) in [5.41, 5.74) is -1.04. The van der Waals surface area contributed by atoms with Crippen LogP contribution in [0.3, 0.4) is 0 Å². The van der Waals surface area contributed by atoms with Gasteiger partial charge >= 0.3 is 6.18 Å². The van der Waals surface area contributed by atoms with Crippen LogP contribution in [0.5, 0.6) is 5.75 Å². The second-order valence-electron chi connectivity index (χ2n) is 7.28. The molecular formula is C25H16F8O. The Bertz CT molecular complexity index is 1220. The van der Waals surface area contributed by atoms with E-state index in [1.807, 2.05) is 6.92 Å². The van der Waals surface area contributed by atoms with Crippen LogP contribution in [0.15, 0.2) is 42.5 Å². The van der Waals surface area contributed by atoms with E-state index < -0.39 is 58.7 Å². The SMILES string of the molecule is CCCc1ccc(-c2cc(F)c(COc3cc(F)c(C#CC(F)(F)F)c(F)c3)c(F)c2)c(F)c1. The van der Waals surface area contributed by atoms with Crippen molar-refractivity contribution in [1.29, 1.82) is 0 Å². The first-order valence-corrected chi connectivity index (χ1v) is 9.97. The van der Waals surface area contributed by atoms with E-state index in [2.05, 4.69) is 0 Å². The van der Waals surface area contributed by atoms with Crippen molar-refractivity contribution in [3.05, 3.63) is 88.2 Å². The van der Waals surface area contributed by atoms with Gasteiger partial charge in [-0.1, -0.05) is 31.4 Å². The lowest BCUT2D eigenvalue weighted by Crippen LogP contribution is -2.05. The fraction of sp³-hybridized carbons (Fsp3) is 0.200. The first-order chi connectivity index (χ1) is 16.0. The van der Waals surface area contributed by atoms with Gasteiger partial charge < -0.3 is 4.74 Å². The minimum Gasteiger partial charge on any atom is -0.488 e. The summed E-state index contributed by atoms with van der Waals surface area (Å²) in [6.07, 6.45) is -3.50. The van der Waals surface area contributed by atoms with Gasteiger partial charge in [0.1, 0.15) is 41.4 Å². The lowest BCUT2D eigenvalue weighted by molar-refractivity contribution is -0.0696. The predicted molar refractivity (Wildman–Crippen MR) is 109 cm³/mol. The maximum absolute atomic E-state index is 14.6. The molecule has 0 fully saturated rings. The first-order valence-electron chi connectivity index (χ1n) is 9.97. The zero-order valence-electron chi connectivity index (χ0n) is 17.6. The fourth-order valence-corrected chi connectivity index (χ4v) is 3.17. The summed E-state index contributed by atoms with van der Waals surface area (Å²) < 4.78 is 113. The molecule has 178 valence electrons. The molecule has 0 atom stereocenters. The van der Waals surface area contributed by atoms with E-state index in [4.69, 9.17) is 4.74 Å². The van der Waals surface area contributed by atoms with Gasteiger partial charge in [0.25, 0.3) is 0 Å². The van der Waals surface area contributed by atoms with Gasteiger partial charge in [0, 0.05) is 23.6 Å². The summed E-state index contributed by atoms with van der Waals surface area (Å²) in [4.78, 5) is 0. The van der Waals surface area contributed by atoms with Crippen LogP contribution in [0, 0.1) is 40.9 Å². The van der Waals surface area contributed by atoms with Crippen LogP contribution >= 0.6 is 0 Å². The van der Waals surface area contributed by atoms with E-state index in [1.165, 1.54) is 18.1 Å². The fourth-order valence-electron chi connectivity index (χ4n) is 3.17. The standard InChI is InChI=1S/C25H16F8O/c1-2-3-14-4-5-17(20(26)8-14)15-9-21(27)19(22(28)10-15)13-34-16-11-23(29)18(24(30)12-16)6-7-25(31,32)33/h4-5,8-12H,2-3,13H2,1H3.